The third kappa shape index (κ3) is 1.71. The van der Waals surface area contributed by atoms with Gasteiger partial charge in [-0.3, -0.25) is 0 Å². The highest BCUT2D eigenvalue weighted by molar-refractivity contribution is 7.15. The second kappa shape index (κ2) is 3.94. The molecule has 2 rings (SSSR count). The standard InChI is InChI=1S/C10H12N2OS/c1-2-8-3-4-9(14-8)10-12-7(5-11)6-13-10/h3-4,6H,2,5,11H2,1H3. The van der Waals surface area contributed by atoms with Crippen LogP contribution in [0.25, 0.3) is 10.8 Å². The van der Waals surface area contributed by atoms with Crippen LogP contribution < -0.4 is 5.73 Å². The molecule has 2 aromatic rings. The molecule has 2 N–H and O–H groups in total. The van der Waals surface area contributed by atoms with Crippen LogP contribution >= 0.6 is 11.3 Å². The molecule has 0 atom stereocenters. The van der Waals surface area contributed by atoms with Gasteiger partial charge in [-0.1, -0.05) is 6.92 Å². The largest absolute Gasteiger partial charge is 0.444 e. The molecule has 0 unspecified atom stereocenters. The second-order valence-corrected chi connectivity index (χ2v) is 4.14. The Balaban J connectivity index is 2.29. The summed E-state index contributed by atoms with van der Waals surface area (Å²) < 4.78 is 5.32. The van der Waals surface area contributed by atoms with Gasteiger partial charge in [0.25, 0.3) is 0 Å². The molecule has 0 bridgehead atoms. The minimum absolute atomic E-state index is 0.426. The third-order valence-electron chi connectivity index (χ3n) is 1.98. The van der Waals surface area contributed by atoms with Crippen LogP contribution in [0.5, 0.6) is 0 Å². The number of nitrogens with zero attached hydrogens (tertiary/aromatic N) is 1. The maximum Gasteiger partial charge on any atom is 0.236 e. The summed E-state index contributed by atoms with van der Waals surface area (Å²) in [5.41, 5.74) is 6.25. The number of rotatable bonds is 3. The highest BCUT2D eigenvalue weighted by atomic mass is 32.1. The predicted octanol–water partition coefficient (Wildman–Crippen LogP) is 2.42. The molecule has 74 valence electrons. The molecule has 0 aliphatic carbocycles. The van der Waals surface area contributed by atoms with Crippen molar-refractivity contribution in [2.75, 3.05) is 0 Å². The Bertz CT molecular complexity index is 379. The van der Waals surface area contributed by atoms with Crippen molar-refractivity contribution in [3.63, 3.8) is 0 Å². The fourth-order valence-corrected chi connectivity index (χ4v) is 2.08. The Labute approximate surface area is 86.6 Å². The molecule has 0 amide bonds. The van der Waals surface area contributed by atoms with Gasteiger partial charge in [0.2, 0.25) is 5.89 Å². The first-order valence-electron chi connectivity index (χ1n) is 4.57. The Hall–Kier alpha value is -1.13. The summed E-state index contributed by atoms with van der Waals surface area (Å²) in [4.78, 5) is 6.68. The normalized spacial score (nSPS) is 10.7. The number of aromatic nitrogens is 1. The number of oxazole rings is 1. The lowest BCUT2D eigenvalue weighted by molar-refractivity contribution is 0.574. The smallest absolute Gasteiger partial charge is 0.236 e. The molecule has 0 saturated heterocycles. The third-order valence-corrected chi connectivity index (χ3v) is 3.20. The number of thiophene rings is 1. The number of aryl methyl sites for hydroxylation is 1. The molecule has 0 saturated carbocycles. The van der Waals surface area contributed by atoms with E-state index in [2.05, 4.69) is 18.0 Å². The van der Waals surface area contributed by atoms with Gasteiger partial charge in [-0.05, 0) is 18.6 Å². The van der Waals surface area contributed by atoms with Crippen molar-refractivity contribution in [3.05, 3.63) is 29.0 Å². The molecule has 0 fully saturated rings. The van der Waals surface area contributed by atoms with Gasteiger partial charge in [-0.2, -0.15) is 0 Å². The van der Waals surface area contributed by atoms with Crippen molar-refractivity contribution in [3.8, 4) is 10.8 Å². The van der Waals surface area contributed by atoms with E-state index in [9.17, 15) is 0 Å². The molecule has 3 nitrogen and oxygen atoms in total. The van der Waals surface area contributed by atoms with Crippen LogP contribution in [0.1, 0.15) is 17.5 Å². The molecule has 2 heterocycles. The molecule has 0 spiro atoms. The number of hydrogen-bond donors (Lipinski definition) is 1. The zero-order chi connectivity index (χ0) is 9.97. The van der Waals surface area contributed by atoms with E-state index in [1.54, 1.807) is 17.6 Å². The van der Waals surface area contributed by atoms with Crippen molar-refractivity contribution in [2.45, 2.75) is 19.9 Å². The second-order valence-electron chi connectivity index (χ2n) is 2.97. The van der Waals surface area contributed by atoms with Crippen LogP contribution in [0.3, 0.4) is 0 Å². The molecule has 4 heteroatoms. The minimum atomic E-state index is 0.426. The van der Waals surface area contributed by atoms with Crippen molar-refractivity contribution in [1.29, 1.82) is 0 Å². The summed E-state index contributed by atoms with van der Waals surface area (Å²) in [7, 11) is 0. The maximum absolute atomic E-state index is 5.45. The number of hydrogen-bond acceptors (Lipinski definition) is 4. The average molecular weight is 208 g/mol. The van der Waals surface area contributed by atoms with E-state index in [0.29, 0.717) is 12.4 Å². The van der Waals surface area contributed by atoms with Crippen molar-refractivity contribution < 1.29 is 4.42 Å². The van der Waals surface area contributed by atoms with Gasteiger partial charge < -0.3 is 10.2 Å². The van der Waals surface area contributed by atoms with E-state index in [1.807, 2.05) is 6.07 Å². The molecule has 0 aromatic carbocycles. The Morgan fingerprint density at radius 1 is 1.50 bits per heavy atom. The van der Waals surface area contributed by atoms with Crippen LogP contribution in [0.2, 0.25) is 0 Å². The Kier molecular flexibility index (Phi) is 2.65. The average Bonchev–Trinajstić information content (AvgIpc) is 2.86. The minimum Gasteiger partial charge on any atom is -0.444 e. The molecule has 0 aliphatic rings. The first kappa shape index (κ1) is 9.43. The van der Waals surface area contributed by atoms with Gasteiger partial charge in [0.15, 0.2) is 0 Å². The van der Waals surface area contributed by atoms with E-state index >= 15 is 0 Å². The monoisotopic (exact) mass is 208 g/mol. The lowest BCUT2D eigenvalue weighted by atomic mass is 10.4. The highest BCUT2D eigenvalue weighted by Crippen LogP contribution is 2.27. The lowest BCUT2D eigenvalue weighted by Crippen LogP contribution is -1.95. The molecular formula is C10H12N2OS. The van der Waals surface area contributed by atoms with Gasteiger partial charge in [-0.25, -0.2) is 4.98 Å². The molecule has 14 heavy (non-hydrogen) atoms. The fourth-order valence-electron chi connectivity index (χ4n) is 1.20. The number of nitrogens with two attached hydrogens (primary N) is 1. The van der Waals surface area contributed by atoms with Crippen LogP contribution in [-0.4, -0.2) is 4.98 Å². The van der Waals surface area contributed by atoms with E-state index in [1.165, 1.54) is 4.88 Å². The summed E-state index contributed by atoms with van der Waals surface area (Å²) in [5, 5.41) is 0. The van der Waals surface area contributed by atoms with Gasteiger partial charge in [-0.15, -0.1) is 11.3 Å². The van der Waals surface area contributed by atoms with Crippen LogP contribution in [0.4, 0.5) is 0 Å². The Morgan fingerprint density at radius 2 is 2.36 bits per heavy atom. The van der Waals surface area contributed by atoms with Gasteiger partial charge >= 0.3 is 0 Å². The van der Waals surface area contributed by atoms with Gasteiger partial charge in [0.05, 0.1) is 10.6 Å². The highest BCUT2D eigenvalue weighted by Gasteiger charge is 2.07. The topological polar surface area (TPSA) is 52.0 Å². The lowest BCUT2D eigenvalue weighted by Gasteiger charge is -1.86. The van der Waals surface area contributed by atoms with Crippen LogP contribution in [0, 0.1) is 0 Å². The summed E-state index contributed by atoms with van der Waals surface area (Å²) in [6.07, 6.45) is 2.66. The molecule has 0 aliphatic heterocycles. The van der Waals surface area contributed by atoms with E-state index < -0.39 is 0 Å². The van der Waals surface area contributed by atoms with E-state index in [-0.39, 0.29) is 0 Å². The summed E-state index contributed by atoms with van der Waals surface area (Å²) in [5.74, 6) is 0.676. The molecule has 0 radical (unpaired) electrons. The maximum atomic E-state index is 5.45. The van der Waals surface area contributed by atoms with Gasteiger partial charge in [0, 0.05) is 11.4 Å². The quantitative estimate of drug-likeness (QED) is 0.842. The van der Waals surface area contributed by atoms with Gasteiger partial charge in [0.1, 0.15) is 6.26 Å². The van der Waals surface area contributed by atoms with Crippen LogP contribution in [-0.2, 0) is 13.0 Å². The van der Waals surface area contributed by atoms with Crippen molar-refractivity contribution >= 4 is 11.3 Å². The molecular weight excluding hydrogens is 196 g/mol. The first-order chi connectivity index (χ1) is 6.83. The Morgan fingerprint density at radius 3 is 2.93 bits per heavy atom. The predicted molar refractivity (Wildman–Crippen MR) is 57.1 cm³/mol. The SMILES string of the molecule is CCc1ccc(-c2nc(CN)co2)s1. The molecule has 2 aromatic heterocycles. The zero-order valence-corrected chi connectivity index (χ0v) is 8.80. The summed E-state index contributed by atoms with van der Waals surface area (Å²) in [6.45, 7) is 2.56. The first-order valence-corrected chi connectivity index (χ1v) is 5.38. The van der Waals surface area contributed by atoms with Crippen molar-refractivity contribution in [2.24, 2.45) is 5.73 Å². The van der Waals surface area contributed by atoms with E-state index in [0.717, 1.165) is 17.0 Å². The summed E-state index contributed by atoms with van der Waals surface area (Å²) in [6, 6.07) is 4.14. The summed E-state index contributed by atoms with van der Waals surface area (Å²) >= 11 is 1.71. The zero-order valence-electron chi connectivity index (χ0n) is 7.99. The van der Waals surface area contributed by atoms with Crippen molar-refractivity contribution in [1.82, 2.24) is 4.98 Å². The van der Waals surface area contributed by atoms with Crippen LogP contribution in [0.15, 0.2) is 22.8 Å². The van der Waals surface area contributed by atoms with E-state index in [4.69, 9.17) is 10.2 Å². The fraction of sp³-hybridized carbons (Fsp3) is 0.300.